The van der Waals surface area contributed by atoms with Gasteiger partial charge in [0, 0.05) is 48.2 Å². The minimum Gasteiger partial charge on any atom is -0.496 e. The number of ether oxygens (including phenoxy) is 1. The molecule has 3 aromatic rings. The normalized spacial score (nSPS) is 13.7. The molecule has 2 amide bonds. The molecule has 0 unspecified atom stereocenters. The van der Waals surface area contributed by atoms with E-state index in [1.165, 1.54) is 10.9 Å². The first kappa shape index (κ1) is 25.8. The second kappa shape index (κ2) is 12.6. The maximum atomic E-state index is 13.7. The van der Waals surface area contributed by atoms with Gasteiger partial charge in [-0.05, 0) is 43.4 Å². The van der Waals surface area contributed by atoms with Gasteiger partial charge in [0.25, 0.3) is 0 Å². The topological polar surface area (TPSA) is 65.6 Å². The number of methoxy groups -OCH3 is 1. The van der Waals surface area contributed by atoms with E-state index in [0.29, 0.717) is 19.6 Å². The van der Waals surface area contributed by atoms with Crippen molar-refractivity contribution in [3.05, 3.63) is 65.9 Å². The summed E-state index contributed by atoms with van der Waals surface area (Å²) < 4.78 is 5.57. The van der Waals surface area contributed by atoms with Crippen LogP contribution in [0.2, 0.25) is 0 Å². The highest BCUT2D eigenvalue weighted by molar-refractivity contribution is 5.86. The van der Waals surface area contributed by atoms with Crippen molar-refractivity contribution in [1.29, 1.82) is 0 Å². The van der Waals surface area contributed by atoms with Crippen molar-refractivity contribution in [2.75, 3.05) is 26.7 Å². The number of H-pyrrole nitrogens is 1. The van der Waals surface area contributed by atoms with Crippen molar-refractivity contribution < 1.29 is 14.3 Å². The van der Waals surface area contributed by atoms with Gasteiger partial charge < -0.3 is 19.5 Å². The molecule has 192 valence electrons. The van der Waals surface area contributed by atoms with Crippen LogP contribution in [0.3, 0.4) is 0 Å². The third-order valence-electron chi connectivity index (χ3n) is 7.36. The molecule has 1 heterocycles. The maximum Gasteiger partial charge on any atom is 0.242 e. The Kier molecular flexibility index (Phi) is 9.04. The number of carbonyl (C=O) groups is 2. The van der Waals surface area contributed by atoms with Crippen LogP contribution in [0.5, 0.6) is 5.75 Å². The van der Waals surface area contributed by atoms with Gasteiger partial charge in [-0.1, -0.05) is 62.6 Å². The summed E-state index contributed by atoms with van der Waals surface area (Å²) in [6.45, 7) is 3.92. The predicted octanol–water partition coefficient (Wildman–Crippen LogP) is 5.57. The van der Waals surface area contributed by atoms with Crippen molar-refractivity contribution >= 4 is 22.7 Å². The molecule has 1 aliphatic carbocycles. The number of aromatic amines is 1. The van der Waals surface area contributed by atoms with Crippen molar-refractivity contribution in [2.24, 2.45) is 5.92 Å². The molecule has 1 aromatic heterocycles. The lowest BCUT2D eigenvalue weighted by molar-refractivity contribution is -0.143. The molecule has 4 rings (SSSR count). The van der Waals surface area contributed by atoms with E-state index in [4.69, 9.17) is 4.74 Å². The predicted molar refractivity (Wildman–Crippen MR) is 144 cm³/mol. The molecule has 2 aromatic carbocycles. The van der Waals surface area contributed by atoms with Crippen LogP contribution >= 0.6 is 0 Å². The summed E-state index contributed by atoms with van der Waals surface area (Å²) in [6, 6.07) is 16.1. The summed E-state index contributed by atoms with van der Waals surface area (Å²) >= 11 is 0. The molecule has 0 spiro atoms. The quantitative estimate of drug-likeness (QED) is 0.362. The highest BCUT2D eigenvalue weighted by Crippen LogP contribution is 2.27. The Labute approximate surface area is 214 Å². The molecule has 0 saturated heterocycles. The number of benzene rings is 2. The van der Waals surface area contributed by atoms with E-state index < -0.39 is 0 Å². The molecule has 6 heteroatoms. The fourth-order valence-electron chi connectivity index (χ4n) is 5.24. The zero-order valence-electron chi connectivity index (χ0n) is 21.7. The Morgan fingerprint density at radius 2 is 1.72 bits per heavy atom. The van der Waals surface area contributed by atoms with Gasteiger partial charge in [-0.15, -0.1) is 0 Å². The lowest BCUT2D eigenvalue weighted by Crippen LogP contribution is -2.45. The average molecular weight is 490 g/mol. The first-order valence-electron chi connectivity index (χ1n) is 13.3. The number of unbranched alkanes of at least 4 members (excludes halogenated alkanes) is 1. The molecule has 0 atom stereocenters. The number of amides is 2. The minimum atomic E-state index is -0.0109. The number of para-hydroxylation sites is 2. The van der Waals surface area contributed by atoms with E-state index in [0.717, 1.165) is 61.8 Å². The molecular weight excluding hydrogens is 450 g/mol. The number of fused-ring (bicyclic) bond motifs is 1. The van der Waals surface area contributed by atoms with Crippen molar-refractivity contribution in [1.82, 2.24) is 14.8 Å². The van der Waals surface area contributed by atoms with E-state index in [1.807, 2.05) is 52.4 Å². The van der Waals surface area contributed by atoms with Crippen LogP contribution in [0, 0.1) is 5.92 Å². The average Bonchev–Trinajstić information content (AvgIpc) is 3.59. The van der Waals surface area contributed by atoms with Gasteiger partial charge in [-0.3, -0.25) is 9.59 Å². The zero-order valence-corrected chi connectivity index (χ0v) is 21.7. The van der Waals surface area contributed by atoms with Gasteiger partial charge in [0.15, 0.2) is 0 Å². The molecule has 6 nitrogen and oxygen atoms in total. The highest BCUT2D eigenvalue weighted by atomic mass is 16.5. The second-order valence-electron chi connectivity index (χ2n) is 9.83. The van der Waals surface area contributed by atoms with E-state index in [-0.39, 0.29) is 24.3 Å². The highest BCUT2D eigenvalue weighted by Gasteiger charge is 2.29. The number of aromatic nitrogens is 1. The van der Waals surface area contributed by atoms with Crippen molar-refractivity contribution in [2.45, 2.75) is 58.4 Å². The summed E-state index contributed by atoms with van der Waals surface area (Å²) in [4.78, 5) is 34.1. The van der Waals surface area contributed by atoms with Crippen LogP contribution in [0.4, 0.5) is 0 Å². The minimum absolute atomic E-state index is 0.0109. The number of nitrogens with zero attached hydrogens (tertiary/aromatic N) is 2. The smallest absolute Gasteiger partial charge is 0.242 e. The largest absolute Gasteiger partial charge is 0.496 e. The van der Waals surface area contributed by atoms with Crippen molar-refractivity contribution in [3.63, 3.8) is 0 Å². The van der Waals surface area contributed by atoms with Gasteiger partial charge in [0.1, 0.15) is 5.75 Å². The Morgan fingerprint density at radius 1 is 0.972 bits per heavy atom. The van der Waals surface area contributed by atoms with Crippen LogP contribution in [0.1, 0.15) is 56.6 Å². The summed E-state index contributed by atoms with van der Waals surface area (Å²) in [5, 5.41) is 1.18. The SMILES string of the molecule is CCCCN(CC(=O)N(CCc1c[nH]c2ccccc12)Cc1ccccc1OC)C(=O)C1CCCC1. The van der Waals surface area contributed by atoms with Gasteiger partial charge in [-0.2, -0.15) is 0 Å². The third kappa shape index (κ3) is 6.28. The summed E-state index contributed by atoms with van der Waals surface area (Å²) in [5.41, 5.74) is 3.26. The van der Waals surface area contributed by atoms with Crippen LogP contribution < -0.4 is 4.74 Å². The van der Waals surface area contributed by atoms with Gasteiger partial charge in [0.2, 0.25) is 11.8 Å². The Hall–Kier alpha value is -3.28. The number of rotatable bonds is 12. The van der Waals surface area contributed by atoms with E-state index in [2.05, 4.69) is 24.0 Å². The molecule has 1 N–H and O–H groups in total. The number of hydrogen-bond donors (Lipinski definition) is 1. The first-order chi connectivity index (χ1) is 17.6. The van der Waals surface area contributed by atoms with Crippen LogP contribution in [-0.2, 0) is 22.6 Å². The molecule has 0 radical (unpaired) electrons. The first-order valence-corrected chi connectivity index (χ1v) is 13.3. The number of carbonyl (C=O) groups excluding carboxylic acids is 2. The monoisotopic (exact) mass is 489 g/mol. The fourth-order valence-corrected chi connectivity index (χ4v) is 5.24. The molecule has 0 bridgehead atoms. The maximum absolute atomic E-state index is 13.7. The summed E-state index contributed by atoms with van der Waals surface area (Å²) in [7, 11) is 1.66. The summed E-state index contributed by atoms with van der Waals surface area (Å²) in [5.74, 6) is 0.988. The van der Waals surface area contributed by atoms with E-state index >= 15 is 0 Å². The fraction of sp³-hybridized carbons (Fsp3) is 0.467. The van der Waals surface area contributed by atoms with Gasteiger partial charge in [-0.25, -0.2) is 0 Å². The Bertz CT molecular complexity index is 1150. The molecule has 1 fully saturated rings. The van der Waals surface area contributed by atoms with Crippen LogP contribution in [0.15, 0.2) is 54.7 Å². The lowest BCUT2D eigenvalue weighted by atomic mass is 10.1. The second-order valence-corrected chi connectivity index (χ2v) is 9.83. The molecular formula is C30H39N3O3. The molecule has 1 saturated carbocycles. The number of nitrogens with one attached hydrogen (secondary N) is 1. The van der Waals surface area contributed by atoms with Crippen LogP contribution in [0.25, 0.3) is 10.9 Å². The van der Waals surface area contributed by atoms with Crippen molar-refractivity contribution in [3.8, 4) is 5.75 Å². The molecule has 36 heavy (non-hydrogen) atoms. The van der Waals surface area contributed by atoms with Gasteiger partial charge in [0.05, 0.1) is 13.7 Å². The molecule has 0 aliphatic heterocycles. The molecule has 1 aliphatic rings. The Morgan fingerprint density at radius 3 is 2.50 bits per heavy atom. The van der Waals surface area contributed by atoms with E-state index in [1.54, 1.807) is 7.11 Å². The van der Waals surface area contributed by atoms with Crippen LogP contribution in [-0.4, -0.2) is 53.3 Å². The van der Waals surface area contributed by atoms with E-state index in [9.17, 15) is 9.59 Å². The standard InChI is InChI=1S/C30H39N3O3/c1-3-4-18-33(30(35)23-11-5-6-12-23)22-29(34)32(21-25-13-7-10-16-28(25)36-2)19-17-24-20-31-27-15-9-8-14-26(24)27/h7-10,13-16,20,23,31H,3-6,11-12,17-19,21-22H2,1-2H3. The van der Waals surface area contributed by atoms with Gasteiger partial charge >= 0.3 is 0 Å². The summed E-state index contributed by atoms with van der Waals surface area (Å²) in [6.07, 6.45) is 8.78. The lowest BCUT2D eigenvalue weighted by Gasteiger charge is -2.29. The Balaban J connectivity index is 1.53. The zero-order chi connectivity index (χ0) is 25.3. The third-order valence-corrected chi connectivity index (χ3v) is 7.36. The number of hydrogen-bond acceptors (Lipinski definition) is 3.